The highest BCUT2D eigenvalue weighted by atomic mass is 32.1. The van der Waals surface area contributed by atoms with Crippen molar-refractivity contribution in [3.63, 3.8) is 0 Å². The first kappa shape index (κ1) is 14.9. The van der Waals surface area contributed by atoms with Gasteiger partial charge in [-0.3, -0.25) is 9.78 Å². The minimum Gasteiger partial charge on any atom is -0.478 e. The summed E-state index contributed by atoms with van der Waals surface area (Å²) in [4.78, 5) is 30.7. The topological polar surface area (TPSA) is 92.2 Å². The quantitative estimate of drug-likeness (QED) is 0.791. The Balaban J connectivity index is 2.00. The molecule has 0 aliphatic rings. The van der Waals surface area contributed by atoms with Gasteiger partial charge in [0.25, 0.3) is 5.91 Å². The van der Waals surface area contributed by atoms with E-state index in [0.717, 1.165) is 11.8 Å². The fraction of sp³-hybridized carbons (Fsp3) is 0.143. The van der Waals surface area contributed by atoms with Crippen molar-refractivity contribution in [3.05, 3.63) is 52.2 Å². The number of rotatable bonds is 6. The van der Waals surface area contributed by atoms with E-state index in [1.807, 2.05) is 5.38 Å². The number of thiazole rings is 1. The number of aliphatic carboxylic acids is 1. The maximum Gasteiger partial charge on any atom is 0.328 e. The van der Waals surface area contributed by atoms with Crippen LogP contribution in [0.3, 0.4) is 0 Å². The van der Waals surface area contributed by atoms with Crippen molar-refractivity contribution in [3.8, 4) is 0 Å². The number of carboxylic acid groups (broad SMARTS) is 1. The van der Waals surface area contributed by atoms with E-state index < -0.39 is 5.97 Å². The van der Waals surface area contributed by atoms with Crippen LogP contribution in [0.1, 0.15) is 21.6 Å². The molecule has 7 heteroatoms. The second-order valence-electron chi connectivity index (χ2n) is 4.12. The van der Waals surface area contributed by atoms with Crippen LogP contribution < -0.4 is 5.32 Å². The third-order valence-corrected chi connectivity index (χ3v) is 3.29. The van der Waals surface area contributed by atoms with Gasteiger partial charge < -0.3 is 10.4 Å². The van der Waals surface area contributed by atoms with E-state index in [4.69, 9.17) is 5.11 Å². The smallest absolute Gasteiger partial charge is 0.328 e. The Bertz CT molecular complexity index is 653. The summed E-state index contributed by atoms with van der Waals surface area (Å²) in [6.07, 6.45) is 5.93. The van der Waals surface area contributed by atoms with Crippen LogP contribution in [0.25, 0.3) is 6.08 Å². The van der Waals surface area contributed by atoms with Crippen molar-refractivity contribution >= 4 is 29.3 Å². The van der Waals surface area contributed by atoms with Crippen molar-refractivity contribution in [2.75, 3.05) is 6.54 Å². The van der Waals surface area contributed by atoms with Gasteiger partial charge in [0.15, 0.2) is 0 Å². The molecule has 0 aliphatic heterocycles. The van der Waals surface area contributed by atoms with Gasteiger partial charge in [-0.25, -0.2) is 9.78 Å². The average molecular weight is 303 g/mol. The predicted molar refractivity (Wildman–Crippen MR) is 79.1 cm³/mol. The molecule has 108 valence electrons. The maximum atomic E-state index is 12.1. The Kier molecular flexibility index (Phi) is 5.16. The molecule has 0 atom stereocenters. The molecule has 0 saturated carbocycles. The van der Waals surface area contributed by atoms with Crippen molar-refractivity contribution in [2.45, 2.75) is 6.42 Å². The van der Waals surface area contributed by atoms with Gasteiger partial charge in [-0.05, 0) is 12.1 Å². The summed E-state index contributed by atoms with van der Waals surface area (Å²) in [5.41, 5.74) is 3.53. The van der Waals surface area contributed by atoms with Crippen LogP contribution in [0.5, 0.6) is 0 Å². The maximum absolute atomic E-state index is 12.1. The van der Waals surface area contributed by atoms with Gasteiger partial charge in [0, 0.05) is 47.9 Å². The molecule has 2 rings (SSSR count). The highest BCUT2D eigenvalue weighted by molar-refractivity contribution is 7.07. The normalized spacial score (nSPS) is 10.7. The average Bonchev–Trinajstić information content (AvgIpc) is 2.98. The Morgan fingerprint density at radius 1 is 1.43 bits per heavy atom. The molecule has 0 radical (unpaired) electrons. The zero-order chi connectivity index (χ0) is 15.1. The molecule has 21 heavy (non-hydrogen) atoms. The number of hydrogen-bond acceptors (Lipinski definition) is 5. The molecule has 0 spiro atoms. The highest BCUT2D eigenvalue weighted by Crippen LogP contribution is 2.09. The van der Waals surface area contributed by atoms with E-state index >= 15 is 0 Å². The van der Waals surface area contributed by atoms with Crippen LogP contribution in [0.4, 0.5) is 0 Å². The molecule has 2 N–H and O–H groups in total. The number of amides is 1. The second-order valence-corrected chi connectivity index (χ2v) is 4.84. The third-order valence-electron chi connectivity index (χ3n) is 2.65. The highest BCUT2D eigenvalue weighted by Gasteiger charge is 2.09. The molecule has 1 amide bonds. The van der Waals surface area contributed by atoms with Gasteiger partial charge in [0.05, 0.1) is 11.2 Å². The number of carboxylic acids is 1. The van der Waals surface area contributed by atoms with Crippen LogP contribution >= 0.6 is 11.3 Å². The largest absolute Gasteiger partial charge is 0.478 e. The minimum atomic E-state index is -1.08. The number of nitrogens with one attached hydrogen (secondary N) is 1. The summed E-state index contributed by atoms with van der Waals surface area (Å²) in [5.74, 6) is -1.34. The van der Waals surface area contributed by atoms with Gasteiger partial charge >= 0.3 is 5.97 Å². The number of pyridine rings is 1. The molecular formula is C14H13N3O3S. The summed E-state index contributed by atoms with van der Waals surface area (Å²) >= 11 is 1.51. The summed E-state index contributed by atoms with van der Waals surface area (Å²) in [6.45, 7) is 0.465. The van der Waals surface area contributed by atoms with E-state index in [1.54, 1.807) is 11.6 Å². The second kappa shape index (κ2) is 7.30. The van der Waals surface area contributed by atoms with Gasteiger partial charge in [-0.2, -0.15) is 0 Å². The summed E-state index contributed by atoms with van der Waals surface area (Å²) in [7, 11) is 0. The summed E-state index contributed by atoms with van der Waals surface area (Å²) in [6, 6.07) is 1.56. The Hall–Kier alpha value is -2.54. The molecule has 0 fully saturated rings. The van der Waals surface area contributed by atoms with Gasteiger partial charge in [0.1, 0.15) is 0 Å². The Labute approximate surface area is 125 Å². The number of carbonyl (C=O) groups is 2. The minimum absolute atomic E-state index is 0.266. The Morgan fingerprint density at radius 2 is 2.29 bits per heavy atom. The van der Waals surface area contributed by atoms with E-state index in [2.05, 4.69) is 15.3 Å². The van der Waals surface area contributed by atoms with Crippen LogP contribution in [0, 0.1) is 0 Å². The molecule has 0 bridgehead atoms. The monoisotopic (exact) mass is 303 g/mol. The van der Waals surface area contributed by atoms with E-state index in [-0.39, 0.29) is 5.91 Å². The van der Waals surface area contributed by atoms with E-state index in [1.165, 1.54) is 29.8 Å². The molecular weight excluding hydrogens is 290 g/mol. The van der Waals surface area contributed by atoms with E-state index in [0.29, 0.717) is 24.1 Å². The molecule has 0 unspecified atom stereocenters. The van der Waals surface area contributed by atoms with Gasteiger partial charge in [0.2, 0.25) is 0 Å². The van der Waals surface area contributed by atoms with Gasteiger partial charge in [-0.15, -0.1) is 11.3 Å². The molecule has 2 heterocycles. The summed E-state index contributed by atoms with van der Waals surface area (Å²) in [5, 5.41) is 13.3. The lowest BCUT2D eigenvalue weighted by molar-refractivity contribution is -0.131. The SMILES string of the molecule is O=C(O)C=Cc1cnccc1C(=O)NCCc1cscn1. The third kappa shape index (κ3) is 4.50. The van der Waals surface area contributed by atoms with E-state index in [9.17, 15) is 9.59 Å². The zero-order valence-electron chi connectivity index (χ0n) is 11.0. The standard InChI is InChI=1S/C14H13N3O3S/c18-13(19)2-1-10-7-15-5-4-12(10)14(20)16-6-3-11-8-21-9-17-11/h1-2,4-5,7-9H,3,6H2,(H,16,20)(H,18,19). The fourth-order valence-electron chi connectivity index (χ4n) is 1.67. The molecule has 0 aromatic carbocycles. The molecule has 6 nitrogen and oxygen atoms in total. The van der Waals surface area contributed by atoms with Gasteiger partial charge in [-0.1, -0.05) is 0 Å². The fourth-order valence-corrected chi connectivity index (χ4v) is 2.26. The van der Waals surface area contributed by atoms with Crippen LogP contribution in [-0.4, -0.2) is 33.5 Å². The van der Waals surface area contributed by atoms with Crippen molar-refractivity contribution in [1.82, 2.24) is 15.3 Å². The number of nitrogens with zero attached hydrogens (tertiary/aromatic N) is 2. The zero-order valence-corrected chi connectivity index (χ0v) is 11.8. The van der Waals surface area contributed by atoms with Crippen molar-refractivity contribution in [2.24, 2.45) is 0 Å². The molecule has 0 aliphatic carbocycles. The first-order chi connectivity index (χ1) is 10.2. The van der Waals surface area contributed by atoms with Crippen molar-refractivity contribution < 1.29 is 14.7 Å². The predicted octanol–water partition coefficient (Wildman–Crippen LogP) is 1.61. The number of hydrogen-bond donors (Lipinski definition) is 2. The van der Waals surface area contributed by atoms with Crippen molar-refractivity contribution in [1.29, 1.82) is 0 Å². The van der Waals surface area contributed by atoms with Crippen LogP contribution in [0.15, 0.2) is 35.4 Å². The Morgan fingerprint density at radius 3 is 3.00 bits per heavy atom. The first-order valence-corrected chi connectivity index (χ1v) is 7.11. The molecule has 2 aromatic rings. The van der Waals surface area contributed by atoms with Crippen LogP contribution in [0.2, 0.25) is 0 Å². The molecule has 2 aromatic heterocycles. The molecule has 0 saturated heterocycles. The number of aromatic nitrogens is 2. The lowest BCUT2D eigenvalue weighted by Crippen LogP contribution is -2.26. The lowest BCUT2D eigenvalue weighted by atomic mass is 10.1. The number of carbonyl (C=O) groups excluding carboxylic acids is 1. The van der Waals surface area contributed by atoms with Crippen LogP contribution in [-0.2, 0) is 11.2 Å². The first-order valence-electron chi connectivity index (χ1n) is 6.17. The summed E-state index contributed by atoms with van der Waals surface area (Å²) < 4.78 is 0. The lowest BCUT2D eigenvalue weighted by Gasteiger charge is -2.06.